The largest absolute Gasteiger partial charge is 0.475 e. The molecule has 3 N–H and O–H groups in total. The zero-order valence-corrected chi connectivity index (χ0v) is 16.2. The summed E-state index contributed by atoms with van der Waals surface area (Å²) in [7, 11) is 1.62. The Bertz CT molecular complexity index is 756. The molecule has 2 rings (SSSR count). The Morgan fingerprint density at radius 1 is 1.31 bits per heavy atom. The fraction of sp³-hybridized carbons (Fsp3) is 0.333. The van der Waals surface area contributed by atoms with Crippen LogP contribution in [0.3, 0.4) is 0 Å². The van der Waals surface area contributed by atoms with Crippen molar-refractivity contribution in [2.45, 2.75) is 19.5 Å². The van der Waals surface area contributed by atoms with Crippen LogP contribution in [-0.2, 0) is 11.3 Å². The monoisotopic (exact) mass is 396 g/mol. The number of nitrogens with one attached hydrogen (secondary N) is 1. The highest BCUT2D eigenvalue weighted by molar-refractivity contribution is 6.35. The third-order valence-corrected chi connectivity index (χ3v) is 4.15. The van der Waals surface area contributed by atoms with Gasteiger partial charge in [0, 0.05) is 28.9 Å². The first kappa shape index (κ1) is 20.3. The molecule has 0 aliphatic carbocycles. The number of hydrogen-bond acceptors (Lipinski definition) is 4. The first-order valence-corrected chi connectivity index (χ1v) is 8.84. The predicted octanol–water partition coefficient (Wildman–Crippen LogP) is 3.58. The molecule has 0 bridgehead atoms. The fourth-order valence-corrected chi connectivity index (χ4v) is 2.84. The lowest BCUT2D eigenvalue weighted by atomic mass is 10.1. The quantitative estimate of drug-likeness (QED) is 0.404. The van der Waals surface area contributed by atoms with Crippen molar-refractivity contribution in [1.82, 2.24) is 10.3 Å². The molecule has 0 radical (unpaired) electrons. The number of methoxy groups -OCH3 is 1. The van der Waals surface area contributed by atoms with Crippen LogP contribution in [0.15, 0.2) is 41.5 Å². The number of nitrogens with two attached hydrogens (primary N) is 1. The second kappa shape index (κ2) is 10.2. The predicted molar refractivity (Wildman–Crippen MR) is 105 cm³/mol. The summed E-state index contributed by atoms with van der Waals surface area (Å²) in [6.07, 6.45) is 1.67. The number of guanidine groups is 1. The zero-order chi connectivity index (χ0) is 18.9. The number of aliphatic imine (C=N–C) groups is 1. The van der Waals surface area contributed by atoms with Gasteiger partial charge in [0.2, 0.25) is 5.88 Å². The SMILES string of the molecule is COCCOc1ncccc1CN=C(N)NC(C)c1ccc(Cl)cc1Cl. The summed E-state index contributed by atoms with van der Waals surface area (Å²) in [5.74, 6) is 0.824. The second-order valence-corrected chi connectivity index (χ2v) is 6.39. The number of aromatic nitrogens is 1. The number of halogens is 2. The van der Waals surface area contributed by atoms with Gasteiger partial charge in [0.1, 0.15) is 6.61 Å². The van der Waals surface area contributed by atoms with Crippen LogP contribution in [0.1, 0.15) is 24.1 Å². The van der Waals surface area contributed by atoms with Crippen LogP contribution in [0.2, 0.25) is 10.0 Å². The van der Waals surface area contributed by atoms with Crippen LogP contribution >= 0.6 is 23.2 Å². The van der Waals surface area contributed by atoms with Gasteiger partial charge in [-0.15, -0.1) is 0 Å². The zero-order valence-electron chi connectivity index (χ0n) is 14.7. The van der Waals surface area contributed by atoms with Crippen molar-refractivity contribution in [1.29, 1.82) is 0 Å². The summed E-state index contributed by atoms with van der Waals surface area (Å²) in [6, 6.07) is 8.95. The van der Waals surface area contributed by atoms with Gasteiger partial charge in [0.05, 0.1) is 19.2 Å². The van der Waals surface area contributed by atoms with Gasteiger partial charge in [0.25, 0.3) is 0 Å². The Kier molecular flexibility index (Phi) is 7.97. The molecule has 2 aromatic rings. The molecule has 0 aliphatic rings. The Balaban J connectivity index is 1.99. The minimum atomic E-state index is -0.116. The van der Waals surface area contributed by atoms with E-state index in [0.717, 1.165) is 11.1 Å². The van der Waals surface area contributed by atoms with Gasteiger partial charge >= 0.3 is 0 Å². The van der Waals surface area contributed by atoms with Gasteiger partial charge in [-0.2, -0.15) is 0 Å². The summed E-state index contributed by atoms with van der Waals surface area (Å²) in [5.41, 5.74) is 7.73. The van der Waals surface area contributed by atoms with Crippen molar-refractivity contribution in [3.8, 4) is 5.88 Å². The molecule has 1 aromatic carbocycles. The Labute approximate surface area is 163 Å². The fourth-order valence-electron chi connectivity index (χ4n) is 2.26. The van der Waals surface area contributed by atoms with Crippen molar-refractivity contribution in [3.63, 3.8) is 0 Å². The first-order chi connectivity index (χ1) is 12.5. The van der Waals surface area contributed by atoms with Crippen LogP contribution in [0.25, 0.3) is 0 Å². The lowest BCUT2D eigenvalue weighted by Gasteiger charge is -2.16. The van der Waals surface area contributed by atoms with Crippen LogP contribution in [0, 0.1) is 0 Å². The van der Waals surface area contributed by atoms with Crippen molar-refractivity contribution in [2.75, 3.05) is 20.3 Å². The van der Waals surface area contributed by atoms with E-state index in [2.05, 4.69) is 15.3 Å². The molecule has 0 fully saturated rings. The third kappa shape index (κ3) is 6.05. The van der Waals surface area contributed by atoms with Crippen LogP contribution in [0.5, 0.6) is 5.88 Å². The first-order valence-electron chi connectivity index (χ1n) is 8.08. The van der Waals surface area contributed by atoms with Gasteiger partial charge in [-0.1, -0.05) is 35.3 Å². The highest BCUT2D eigenvalue weighted by Gasteiger charge is 2.11. The number of rotatable bonds is 8. The number of ether oxygens (including phenoxy) is 2. The summed E-state index contributed by atoms with van der Waals surface area (Å²) < 4.78 is 10.6. The minimum Gasteiger partial charge on any atom is -0.475 e. The van der Waals surface area contributed by atoms with E-state index in [1.807, 2.05) is 25.1 Å². The van der Waals surface area contributed by atoms with E-state index >= 15 is 0 Å². The molecule has 26 heavy (non-hydrogen) atoms. The number of nitrogens with zero attached hydrogens (tertiary/aromatic N) is 2. The maximum Gasteiger partial charge on any atom is 0.218 e. The molecule has 0 amide bonds. The van der Waals surface area contributed by atoms with E-state index in [9.17, 15) is 0 Å². The molecule has 6 nitrogen and oxygen atoms in total. The molecule has 0 spiro atoms. The lowest BCUT2D eigenvalue weighted by Crippen LogP contribution is -2.34. The van der Waals surface area contributed by atoms with E-state index < -0.39 is 0 Å². The summed E-state index contributed by atoms with van der Waals surface area (Å²) in [4.78, 5) is 8.58. The summed E-state index contributed by atoms with van der Waals surface area (Å²) in [6.45, 7) is 3.20. The number of benzene rings is 1. The molecule has 1 unspecified atom stereocenters. The topological polar surface area (TPSA) is 81.8 Å². The van der Waals surface area contributed by atoms with E-state index in [0.29, 0.717) is 41.6 Å². The maximum atomic E-state index is 6.22. The number of hydrogen-bond donors (Lipinski definition) is 2. The van der Waals surface area contributed by atoms with Gasteiger partial charge in [-0.05, 0) is 30.7 Å². The molecule has 140 valence electrons. The van der Waals surface area contributed by atoms with Gasteiger partial charge in [-0.25, -0.2) is 9.98 Å². The second-order valence-electron chi connectivity index (χ2n) is 5.54. The molecule has 0 aliphatic heterocycles. The van der Waals surface area contributed by atoms with Gasteiger partial charge in [0.15, 0.2) is 5.96 Å². The molecule has 0 saturated carbocycles. The standard InChI is InChI=1S/C18H22Cl2N4O2/c1-12(15-6-5-14(19)10-16(15)20)24-18(21)23-11-13-4-3-7-22-17(13)26-9-8-25-2/h3-7,10,12H,8-9,11H2,1-2H3,(H3,21,23,24). The highest BCUT2D eigenvalue weighted by atomic mass is 35.5. The van der Waals surface area contributed by atoms with Crippen molar-refractivity contribution >= 4 is 29.2 Å². The highest BCUT2D eigenvalue weighted by Crippen LogP contribution is 2.26. The Hall–Kier alpha value is -2.02. The van der Waals surface area contributed by atoms with E-state index in [4.69, 9.17) is 38.4 Å². The van der Waals surface area contributed by atoms with Crippen LogP contribution < -0.4 is 15.8 Å². The van der Waals surface area contributed by atoms with Crippen LogP contribution in [-0.4, -0.2) is 31.3 Å². The van der Waals surface area contributed by atoms with Crippen molar-refractivity contribution in [3.05, 3.63) is 57.7 Å². The average Bonchev–Trinajstić information content (AvgIpc) is 2.61. The normalized spacial score (nSPS) is 12.7. The molecule has 1 aromatic heterocycles. The molecular formula is C18H22Cl2N4O2. The maximum absolute atomic E-state index is 6.22. The lowest BCUT2D eigenvalue weighted by molar-refractivity contribution is 0.143. The number of pyridine rings is 1. The Morgan fingerprint density at radius 3 is 2.85 bits per heavy atom. The summed E-state index contributed by atoms with van der Waals surface area (Å²) >= 11 is 12.1. The van der Waals surface area contributed by atoms with Gasteiger partial charge < -0.3 is 20.5 Å². The molecule has 0 saturated heterocycles. The van der Waals surface area contributed by atoms with Crippen molar-refractivity contribution < 1.29 is 9.47 Å². The summed E-state index contributed by atoms with van der Waals surface area (Å²) in [5, 5.41) is 4.28. The van der Waals surface area contributed by atoms with Crippen LogP contribution in [0.4, 0.5) is 0 Å². The smallest absolute Gasteiger partial charge is 0.218 e. The van der Waals surface area contributed by atoms with Gasteiger partial charge in [-0.3, -0.25) is 0 Å². The van der Waals surface area contributed by atoms with Crippen molar-refractivity contribution in [2.24, 2.45) is 10.7 Å². The molecule has 8 heteroatoms. The minimum absolute atomic E-state index is 0.116. The van der Waals surface area contributed by atoms with E-state index in [1.165, 1.54) is 0 Å². The third-order valence-electron chi connectivity index (χ3n) is 3.59. The average molecular weight is 397 g/mol. The molecular weight excluding hydrogens is 375 g/mol. The molecule has 1 heterocycles. The molecule has 1 atom stereocenters. The van der Waals surface area contributed by atoms with E-state index in [1.54, 1.807) is 25.4 Å². The Morgan fingerprint density at radius 2 is 2.12 bits per heavy atom. The van der Waals surface area contributed by atoms with E-state index in [-0.39, 0.29) is 6.04 Å².